The Morgan fingerprint density at radius 3 is 2.76 bits per heavy atom. The summed E-state index contributed by atoms with van der Waals surface area (Å²) in [5.41, 5.74) is 0. The van der Waals surface area contributed by atoms with Crippen LogP contribution in [0.4, 0.5) is 0 Å². The molecule has 0 aromatic heterocycles. The van der Waals surface area contributed by atoms with E-state index in [1.165, 1.54) is 25.7 Å². The minimum Gasteiger partial charge on any atom is -0.353 e. The van der Waals surface area contributed by atoms with Crippen molar-refractivity contribution in [3.8, 4) is 0 Å². The van der Waals surface area contributed by atoms with Crippen molar-refractivity contribution >= 4 is 5.91 Å². The summed E-state index contributed by atoms with van der Waals surface area (Å²) in [5, 5.41) is 6.34. The van der Waals surface area contributed by atoms with E-state index >= 15 is 0 Å². The van der Waals surface area contributed by atoms with Crippen LogP contribution in [0.1, 0.15) is 39.0 Å². The second-order valence-corrected chi connectivity index (χ2v) is 5.15. The van der Waals surface area contributed by atoms with Crippen LogP contribution in [-0.4, -0.2) is 49.1 Å². The van der Waals surface area contributed by atoms with Gasteiger partial charge in [0.2, 0.25) is 5.91 Å². The van der Waals surface area contributed by atoms with Crippen LogP contribution in [0.2, 0.25) is 0 Å². The van der Waals surface area contributed by atoms with E-state index in [0.29, 0.717) is 0 Å². The molecule has 17 heavy (non-hydrogen) atoms. The molecule has 0 bridgehead atoms. The number of amides is 1. The Kier molecular flexibility index (Phi) is 4.80. The number of rotatable bonds is 6. The van der Waals surface area contributed by atoms with Crippen molar-refractivity contribution in [3.05, 3.63) is 0 Å². The van der Waals surface area contributed by atoms with Crippen LogP contribution in [0.25, 0.3) is 0 Å². The molecule has 2 fully saturated rings. The van der Waals surface area contributed by atoms with E-state index < -0.39 is 0 Å². The Bertz CT molecular complexity index is 247. The van der Waals surface area contributed by atoms with Crippen molar-refractivity contribution in [2.75, 3.05) is 26.2 Å². The molecule has 1 aliphatic heterocycles. The van der Waals surface area contributed by atoms with Crippen molar-refractivity contribution in [3.63, 3.8) is 0 Å². The van der Waals surface area contributed by atoms with Crippen LogP contribution in [-0.2, 0) is 4.79 Å². The normalized spacial score (nSPS) is 24.9. The number of nitrogens with zero attached hydrogens (tertiary/aromatic N) is 1. The van der Waals surface area contributed by atoms with Gasteiger partial charge in [-0.05, 0) is 38.8 Å². The molecule has 1 amide bonds. The van der Waals surface area contributed by atoms with Gasteiger partial charge in [0, 0.05) is 19.1 Å². The number of carbonyl (C=O) groups is 1. The summed E-state index contributed by atoms with van der Waals surface area (Å²) >= 11 is 0. The van der Waals surface area contributed by atoms with Gasteiger partial charge >= 0.3 is 0 Å². The molecule has 1 saturated heterocycles. The van der Waals surface area contributed by atoms with E-state index in [-0.39, 0.29) is 11.9 Å². The number of hydrogen-bond donors (Lipinski definition) is 2. The van der Waals surface area contributed by atoms with Gasteiger partial charge in [-0.2, -0.15) is 0 Å². The summed E-state index contributed by atoms with van der Waals surface area (Å²) in [5.74, 6) is 0.191. The maximum absolute atomic E-state index is 11.9. The fourth-order valence-corrected chi connectivity index (χ4v) is 2.56. The number of carbonyl (C=O) groups excluding carboxylic acids is 1. The van der Waals surface area contributed by atoms with E-state index in [0.717, 1.165) is 38.6 Å². The molecular weight excluding hydrogens is 214 g/mol. The molecule has 4 heteroatoms. The number of piperidine rings is 1. The van der Waals surface area contributed by atoms with Crippen molar-refractivity contribution in [1.29, 1.82) is 0 Å². The Labute approximate surface area is 104 Å². The second kappa shape index (κ2) is 6.36. The molecular formula is C13H25N3O. The van der Waals surface area contributed by atoms with Crippen molar-refractivity contribution < 1.29 is 4.79 Å². The smallest absolute Gasteiger partial charge is 0.237 e. The van der Waals surface area contributed by atoms with Crippen molar-refractivity contribution in [2.24, 2.45) is 0 Å². The molecule has 2 rings (SSSR count). The molecule has 0 aromatic carbocycles. The standard InChI is InChI=1S/C13H25N3O/c1-2-16(11-6-7-11)10-9-15-13(17)12-5-3-4-8-14-12/h11-12,14H,2-10H2,1H3,(H,15,17)/t12-/m0/s1. The van der Waals surface area contributed by atoms with E-state index in [9.17, 15) is 4.79 Å². The molecule has 1 atom stereocenters. The first-order valence-electron chi connectivity index (χ1n) is 7.06. The van der Waals surface area contributed by atoms with Gasteiger partial charge < -0.3 is 10.6 Å². The number of nitrogens with one attached hydrogen (secondary N) is 2. The van der Waals surface area contributed by atoms with Crippen molar-refractivity contribution in [1.82, 2.24) is 15.5 Å². The molecule has 2 N–H and O–H groups in total. The highest BCUT2D eigenvalue weighted by Crippen LogP contribution is 2.25. The average Bonchev–Trinajstić information content (AvgIpc) is 3.20. The van der Waals surface area contributed by atoms with Gasteiger partial charge in [0.15, 0.2) is 0 Å². The van der Waals surface area contributed by atoms with E-state index in [2.05, 4.69) is 22.5 Å². The lowest BCUT2D eigenvalue weighted by Crippen LogP contribution is -2.48. The van der Waals surface area contributed by atoms with Crippen LogP contribution in [0.5, 0.6) is 0 Å². The van der Waals surface area contributed by atoms with Crippen molar-refractivity contribution in [2.45, 2.75) is 51.1 Å². The van der Waals surface area contributed by atoms with E-state index in [1.54, 1.807) is 0 Å². The summed E-state index contributed by atoms with van der Waals surface area (Å²) in [6.45, 7) is 6.08. The quantitative estimate of drug-likeness (QED) is 0.718. The maximum Gasteiger partial charge on any atom is 0.237 e. The van der Waals surface area contributed by atoms with Gasteiger partial charge in [0.25, 0.3) is 0 Å². The highest BCUT2D eigenvalue weighted by molar-refractivity contribution is 5.81. The van der Waals surface area contributed by atoms with Crippen LogP contribution >= 0.6 is 0 Å². The molecule has 0 aromatic rings. The van der Waals surface area contributed by atoms with Crippen LogP contribution in [0.3, 0.4) is 0 Å². The first kappa shape index (κ1) is 12.8. The van der Waals surface area contributed by atoms with Gasteiger partial charge in [0.1, 0.15) is 0 Å². The van der Waals surface area contributed by atoms with Gasteiger partial charge in [0.05, 0.1) is 6.04 Å². The Balaban J connectivity index is 1.61. The van der Waals surface area contributed by atoms with E-state index in [1.807, 2.05) is 0 Å². The highest BCUT2D eigenvalue weighted by atomic mass is 16.2. The highest BCUT2D eigenvalue weighted by Gasteiger charge is 2.27. The molecule has 2 aliphatic rings. The van der Waals surface area contributed by atoms with Gasteiger partial charge in [-0.25, -0.2) is 0 Å². The van der Waals surface area contributed by atoms with Gasteiger partial charge in [-0.15, -0.1) is 0 Å². The Morgan fingerprint density at radius 2 is 2.18 bits per heavy atom. The fourth-order valence-electron chi connectivity index (χ4n) is 2.56. The van der Waals surface area contributed by atoms with Gasteiger partial charge in [-0.1, -0.05) is 13.3 Å². The maximum atomic E-state index is 11.9. The molecule has 1 heterocycles. The first-order valence-corrected chi connectivity index (χ1v) is 7.06. The molecule has 0 radical (unpaired) electrons. The zero-order chi connectivity index (χ0) is 12.1. The summed E-state index contributed by atoms with van der Waals surface area (Å²) < 4.78 is 0. The largest absolute Gasteiger partial charge is 0.353 e. The molecule has 4 nitrogen and oxygen atoms in total. The van der Waals surface area contributed by atoms with Crippen LogP contribution in [0.15, 0.2) is 0 Å². The number of likely N-dealkylation sites (N-methyl/N-ethyl adjacent to an activating group) is 1. The third kappa shape index (κ3) is 3.96. The SMILES string of the molecule is CCN(CCNC(=O)[C@@H]1CCCCN1)C1CC1. The zero-order valence-corrected chi connectivity index (χ0v) is 10.9. The monoisotopic (exact) mass is 239 g/mol. The summed E-state index contributed by atoms with van der Waals surface area (Å²) in [6.07, 6.45) is 6.05. The van der Waals surface area contributed by atoms with Crippen LogP contribution in [0, 0.1) is 0 Å². The molecule has 1 aliphatic carbocycles. The molecule has 0 spiro atoms. The fraction of sp³-hybridized carbons (Fsp3) is 0.923. The van der Waals surface area contributed by atoms with E-state index in [4.69, 9.17) is 0 Å². The Hall–Kier alpha value is -0.610. The topological polar surface area (TPSA) is 44.4 Å². The molecule has 1 saturated carbocycles. The predicted molar refractivity (Wildman–Crippen MR) is 68.9 cm³/mol. The molecule has 98 valence electrons. The zero-order valence-electron chi connectivity index (χ0n) is 10.9. The summed E-state index contributed by atoms with van der Waals surface area (Å²) in [6, 6.07) is 0.851. The average molecular weight is 239 g/mol. The minimum absolute atomic E-state index is 0.0553. The lowest BCUT2D eigenvalue weighted by atomic mass is 10.0. The molecule has 0 unspecified atom stereocenters. The third-order valence-electron chi connectivity index (χ3n) is 3.79. The Morgan fingerprint density at radius 1 is 1.35 bits per heavy atom. The summed E-state index contributed by atoms with van der Waals surface area (Å²) in [7, 11) is 0. The lowest BCUT2D eigenvalue weighted by molar-refractivity contribution is -0.123. The minimum atomic E-state index is 0.0553. The first-order chi connectivity index (χ1) is 8.31. The third-order valence-corrected chi connectivity index (χ3v) is 3.79. The van der Waals surface area contributed by atoms with Crippen LogP contribution < -0.4 is 10.6 Å². The second-order valence-electron chi connectivity index (χ2n) is 5.15. The lowest BCUT2D eigenvalue weighted by Gasteiger charge is -2.24. The van der Waals surface area contributed by atoms with Gasteiger partial charge in [-0.3, -0.25) is 9.69 Å². The number of hydrogen-bond acceptors (Lipinski definition) is 3. The predicted octanol–water partition coefficient (Wildman–Crippen LogP) is 0.729. The summed E-state index contributed by atoms with van der Waals surface area (Å²) in [4.78, 5) is 14.3.